The summed E-state index contributed by atoms with van der Waals surface area (Å²) in [6.07, 6.45) is 2.17. The van der Waals surface area contributed by atoms with Gasteiger partial charge in [-0.2, -0.15) is 0 Å². The Labute approximate surface area is 158 Å². The van der Waals surface area contributed by atoms with Gasteiger partial charge in [-0.05, 0) is 35.4 Å². The Bertz CT molecular complexity index is 829. The monoisotopic (exact) mass is 362 g/mol. The van der Waals surface area contributed by atoms with Crippen LogP contribution in [0, 0.1) is 0 Å². The largest absolute Gasteiger partial charge is 0.352 e. The second-order valence-corrected chi connectivity index (χ2v) is 7.63. The minimum absolute atomic E-state index is 0.0219. The van der Waals surface area contributed by atoms with Crippen molar-refractivity contribution >= 4 is 17.2 Å². The van der Waals surface area contributed by atoms with Gasteiger partial charge in [0.05, 0.1) is 6.04 Å². The van der Waals surface area contributed by atoms with Gasteiger partial charge in [0.1, 0.15) is 6.04 Å². The first-order valence-corrected chi connectivity index (χ1v) is 9.89. The molecule has 2 N–H and O–H groups in total. The summed E-state index contributed by atoms with van der Waals surface area (Å²) < 4.78 is 0. The minimum atomic E-state index is -0.385. The predicted molar refractivity (Wildman–Crippen MR) is 106 cm³/mol. The summed E-state index contributed by atoms with van der Waals surface area (Å²) in [7, 11) is 0. The van der Waals surface area contributed by atoms with Crippen molar-refractivity contribution in [1.82, 2.24) is 10.6 Å². The van der Waals surface area contributed by atoms with E-state index >= 15 is 0 Å². The molecule has 4 rings (SSSR count). The van der Waals surface area contributed by atoms with Crippen molar-refractivity contribution < 1.29 is 4.79 Å². The zero-order chi connectivity index (χ0) is 17.8. The van der Waals surface area contributed by atoms with Crippen LogP contribution < -0.4 is 10.6 Å². The second kappa shape index (κ2) is 7.85. The molecule has 1 aromatic heterocycles. The van der Waals surface area contributed by atoms with Crippen molar-refractivity contribution in [3.05, 3.63) is 94.2 Å². The van der Waals surface area contributed by atoms with Crippen molar-refractivity contribution in [2.75, 3.05) is 0 Å². The van der Waals surface area contributed by atoms with Crippen LogP contribution in [0.2, 0.25) is 0 Å². The van der Waals surface area contributed by atoms with Gasteiger partial charge in [0.2, 0.25) is 5.91 Å². The highest BCUT2D eigenvalue weighted by molar-refractivity contribution is 7.10. The molecule has 3 aromatic rings. The van der Waals surface area contributed by atoms with Gasteiger partial charge in [0.25, 0.3) is 0 Å². The lowest BCUT2D eigenvalue weighted by Gasteiger charge is -2.25. The number of amides is 1. The number of hydrogen-bond donors (Lipinski definition) is 2. The first kappa shape index (κ1) is 17.0. The number of nitrogens with one attached hydrogen (secondary N) is 2. The summed E-state index contributed by atoms with van der Waals surface area (Å²) in [6, 6.07) is 24.4. The van der Waals surface area contributed by atoms with Crippen molar-refractivity contribution in [2.45, 2.75) is 31.0 Å². The summed E-state index contributed by atoms with van der Waals surface area (Å²) in [5, 5.41) is 8.86. The van der Waals surface area contributed by atoms with E-state index in [0.29, 0.717) is 6.04 Å². The maximum atomic E-state index is 13.0. The number of carbonyl (C=O) groups excluding carboxylic acids is 1. The van der Waals surface area contributed by atoms with Crippen LogP contribution in [0.15, 0.2) is 78.2 Å². The molecule has 1 amide bonds. The van der Waals surface area contributed by atoms with Gasteiger partial charge in [-0.25, -0.2) is 0 Å². The fourth-order valence-electron chi connectivity index (χ4n) is 3.09. The molecule has 1 fully saturated rings. The minimum Gasteiger partial charge on any atom is -0.352 e. The van der Waals surface area contributed by atoms with E-state index in [1.165, 1.54) is 4.88 Å². The molecule has 1 heterocycles. The van der Waals surface area contributed by atoms with E-state index in [1.807, 2.05) is 48.5 Å². The van der Waals surface area contributed by atoms with Crippen LogP contribution in [0.5, 0.6) is 0 Å². The van der Waals surface area contributed by atoms with E-state index in [2.05, 4.69) is 40.3 Å². The first-order valence-electron chi connectivity index (χ1n) is 9.01. The average Bonchev–Trinajstić information content (AvgIpc) is 3.33. The maximum absolute atomic E-state index is 13.0. The molecular formula is C22H22N2OS. The smallest absolute Gasteiger partial charge is 0.241 e. The third-order valence-electron chi connectivity index (χ3n) is 4.61. The zero-order valence-corrected chi connectivity index (χ0v) is 15.3. The van der Waals surface area contributed by atoms with E-state index in [-0.39, 0.29) is 18.0 Å². The fraction of sp³-hybridized carbons (Fsp3) is 0.227. The van der Waals surface area contributed by atoms with Gasteiger partial charge in [-0.1, -0.05) is 66.7 Å². The van der Waals surface area contributed by atoms with Crippen molar-refractivity contribution in [3.8, 4) is 0 Å². The molecule has 1 aliphatic carbocycles. The van der Waals surface area contributed by atoms with Crippen LogP contribution in [-0.4, -0.2) is 11.9 Å². The standard InChI is InChI=1S/C22H22N2OS/c25-22(23-18-13-14-18)21(17-10-5-2-6-11-17)24-20(19-12-7-15-26-19)16-8-3-1-4-9-16/h1-12,15,18,20-21,24H,13-14H2,(H,23,25)/t20-,21-/m1/s1. The van der Waals surface area contributed by atoms with Crippen molar-refractivity contribution in [3.63, 3.8) is 0 Å². The molecule has 0 unspecified atom stereocenters. The summed E-state index contributed by atoms with van der Waals surface area (Å²) >= 11 is 1.71. The van der Waals surface area contributed by atoms with E-state index in [4.69, 9.17) is 0 Å². The summed E-state index contributed by atoms with van der Waals surface area (Å²) in [4.78, 5) is 14.2. The topological polar surface area (TPSA) is 41.1 Å². The molecule has 4 heteroatoms. The lowest BCUT2D eigenvalue weighted by Crippen LogP contribution is -2.40. The number of rotatable bonds is 7. The lowest BCUT2D eigenvalue weighted by molar-refractivity contribution is -0.123. The van der Waals surface area contributed by atoms with Crippen LogP contribution in [0.3, 0.4) is 0 Å². The number of carbonyl (C=O) groups is 1. The molecule has 3 nitrogen and oxygen atoms in total. The molecule has 1 saturated carbocycles. The number of hydrogen-bond acceptors (Lipinski definition) is 3. The molecule has 1 aliphatic rings. The summed E-state index contributed by atoms with van der Waals surface area (Å²) in [6.45, 7) is 0. The quantitative estimate of drug-likeness (QED) is 0.652. The van der Waals surface area contributed by atoms with E-state index in [9.17, 15) is 4.79 Å². The lowest BCUT2D eigenvalue weighted by atomic mass is 10.0. The second-order valence-electron chi connectivity index (χ2n) is 6.65. The van der Waals surface area contributed by atoms with Gasteiger partial charge < -0.3 is 5.32 Å². The normalized spacial score (nSPS) is 16.0. The van der Waals surface area contributed by atoms with Gasteiger partial charge in [0, 0.05) is 10.9 Å². The van der Waals surface area contributed by atoms with Crippen LogP contribution in [0.1, 0.15) is 40.9 Å². The van der Waals surface area contributed by atoms with Crippen molar-refractivity contribution in [1.29, 1.82) is 0 Å². The highest BCUT2D eigenvalue weighted by atomic mass is 32.1. The van der Waals surface area contributed by atoms with E-state index < -0.39 is 0 Å². The fourth-order valence-corrected chi connectivity index (χ4v) is 3.90. The molecule has 0 radical (unpaired) electrons. The molecule has 0 aliphatic heterocycles. The molecule has 0 spiro atoms. The Kier molecular flexibility index (Phi) is 5.14. The number of thiophene rings is 1. The first-order chi connectivity index (χ1) is 12.8. The Morgan fingerprint density at radius 2 is 1.54 bits per heavy atom. The van der Waals surface area contributed by atoms with Gasteiger partial charge in [0.15, 0.2) is 0 Å². The highest BCUT2D eigenvalue weighted by Crippen LogP contribution is 2.30. The van der Waals surface area contributed by atoms with Crippen molar-refractivity contribution in [2.24, 2.45) is 0 Å². The molecule has 26 heavy (non-hydrogen) atoms. The third kappa shape index (κ3) is 4.03. The average molecular weight is 362 g/mol. The van der Waals surface area contributed by atoms with Crippen LogP contribution in [-0.2, 0) is 4.79 Å². The van der Waals surface area contributed by atoms with Crippen LogP contribution in [0.4, 0.5) is 0 Å². The summed E-state index contributed by atoms with van der Waals surface area (Å²) in [5.74, 6) is 0.0520. The maximum Gasteiger partial charge on any atom is 0.241 e. The van der Waals surface area contributed by atoms with Crippen LogP contribution in [0.25, 0.3) is 0 Å². The molecular weight excluding hydrogens is 340 g/mol. The Balaban J connectivity index is 1.66. The Morgan fingerprint density at radius 1 is 0.885 bits per heavy atom. The SMILES string of the molecule is O=C(NC1CC1)[C@H](N[C@H](c1ccccc1)c1cccs1)c1ccccc1. The molecule has 2 atom stereocenters. The van der Waals surface area contributed by atoms with Gasteiger partial charge in [-0.3, -0.25) is 10.1 Å². The predicted octanol–water partition coefficient (Wildman–Crippen LogP) is 4.45. The molecule has 0 bridgehead atoms. The summed E-state index contributed by atoms with van der Waals surface area (Å²) in [5.41, 5.74) is 2.15. The molecule has 132 valence electrons. The van der Waals surface area contributed by atoms with E-state index in [1.54, 1.807) is 11.3 Å². The molecule has 2 aromatic carbocycles. The van der Waals surface area contributed by atoms with Crippen LogP contribution >= 0.6 is 11.3 Å². The Morgan fingerprint density at radius 3 is 2.12 bits per heavy atom. The highest BCUT2D eigenvalue weighted by Gasteiger charge is 2.30. The van der Waals surface area contributed by atoms with E-state index in [0.717, 1.165) is 24.0 Å². The Hall–Kier alpha value is -2.43. The number of benzene rings is 2. The zero-order valence-electron chi connectivity index (χ0n) is 14.5. The van der Waals surface area contributed by atoms with Gasteiger partial charge in [-0.15, -0.1) is 11.3 Å². The van der Waals surface area contributed by atoms with Gasteiger partial charge >= 0.3 is 0 Å². The molecule has 0 saturated heterocycles. The third-order valence-corrected chi connectivity index (χ3v) is 5.55.